The molecule has 2 heterocycles. The van der Waals surface area contributed by atoms with Crippen molar-refractivity contribution in [1.29, 1.82) is 0 Å². The Labute approximate surface area is 323 Å². The van der Waals surface area contributed by atoms with Gasteiger partial charge in [-0.2, -0.15) is 0 Å². The third-order valence-corrected chi connectivity index (χ3v) is 12.3. The molecular formula is C42H26Br4S2. The van der Waals surface area contributed by atoms with E-state index in [1.54, 1.807) is 22.7 Å². The van der Waals surface area contributed by atoms with E-state index in [1.165, 1.54) is 32.0 Å². The minimum Gasteiger partial charge on any atom is -0.144 e. The average molecular weight is 914 g/mol. The quantitative estimate of drug-likeness (QED) is 0.142. The highest BCUT2D eigenvalue weighted by atomic mass is 79.9. The van der Waals surface area contributed by atoms with Crippen LogP contribution in [0, 0.1) is 0 Å². The molecule has 0 unspecified atom stereocenters. The van der Waals surface area contributed by atoms with E-state index >= 15 is 0 Å². The van der Waals surface area contributed by atoms with Crippen LogP contribution in [0.2, 0.25) is 0 Å². The van der Waals surface area contributed by atoms with Crippen molar-refractivity contribution >= 4 is 111 Å². The monoisotopic (exact) mass is 910 g/mol. The van der Waals surface area contributed by atoms with Crippen LogP contribution in [0.1, 0.15) is 20.9 Å². The lowest BCUT2D eigenvalue weighted by atomic mass is 9.90. The van der Waals surface area contributed by atoms with Gasteiger partial charge in [0, 0.05) is 27.6 Å². The number of benzene rings is 5. The predicted octanol–water partition coefficient (Wildman–Crippen LogP) is 15.9. The van der Waals surface area contributed by atoms with Crippen molar-refractivity contribution < 1.29 is 0 Å². The van der Waals surface area contributed by atoms with Crippen molar-refractivity contribution in [2.24, 2.45) is 0 Å². The van der Waals surface area contributed by atoms with Crippen molar-refractivity contribution in [3.63, 3.8) is 0 Å². The third kappa shape index (κ3) is 7.40. The fraction of sp³-hybridized carbons (Fsp3) is 0. The first kappa shape index (κ1) is 33.4. The molecule has 0 fully saturated rings. The van der Waals surface area contributed by atoms with Gasteiger partial charge in [-0.15, -0.1) is 22.7 Å². The van der Waals surface area contributed by atoms with Crippen LogP contribution in [-0.2, 0) is 0 Å². The summed E-state index contributed by atoms with van der Waals surface area (Å²) in [5, 5.41) is 4.21. The van der Waals surface area contributed by atoms with E-state index in [0.717, 1.165) is 51.3 Å². The number of rotatable bonds is 8. The van der Waals surface area contributed by atoms with Crippen LogP contribution in [0.5, 0.6) is 0 Å². The maximum Gasteiger partial charge on any atom is 0.0270 e. The van der Waals surface area contributed by atoms with Gasteiger partial charge in [0.1, 0.15) is 0 Å². The van der Waals surface area contributed by atoms with Crippen molar-refractivity contribution in [3.8, 4) is 44.5 Å². The second kappa shape index (κ2) is 15.2. The van der Waals surface area contributed by atoms with Gasteiger partial charge in [0.25, 0.3) is 0 Å². The predicted molar refractivity (Wildman–Crippen MR) is 225 cm³/mol. The van der Waals surface area contributed by atoms with Gasteiger partial charge in [-0.1, -0.05) is 149 Å². The smallest absolute Gasteiger partial charge is 0.0270 e. The van der Waals surface area contributed by atoms with Crippen LogP contribution >= 0.6 is 86.4 Å². The lowest BCUT2D eigenvalue weighted by molar-refractivity contribution is 1.49. The van der Waals surface area contributed by atoms with Gasteiger partial charge in [0.15, 0.2) is 0 Å². The number of halogens is 4. The molecule has 0 N–H and O–H groups in total. The molecule has 0 atom stereocenters. The zero-order valence-electron chi connectivity index (χ0n) is 25.3. The third-order valence-electron chi connectivity index (χ3n) is 8.03. The number of hydrogen-bond acceptors (Lipinski definition) is 2. The van der Waals surface area contributed by atoms with Gasteiger partial charge in [-0.3, -0.25) is 0 Å². The van der Waals surface area contributed by atoms with Crippen LogP contribution in [0.4, 0.5) is 0 Å². The molecule has 7 rings (SSSR count). The van der Waals surface area contributed by atoms with Gasteiger partial charge in [0.05, 0.1) is 0 Å². The molecule has 2 aromatic heterocycles. The Hall–Kier alpha value is -3.10. The summed E-state index contributed by atoms with van der Waals surface area (Å²) < 4.78 is 4.08. The highest BCUT2D eigenvalue weighted by Crippen LogP contribution is 2.46. The Morgan fingerprint density at radius 2 is 0.750 bits per heavy atom. The van der Waals surface area contributed by atoms with Crippen LogP contribution < -0.4 is 0 Å². The first-order valence-corrected chi connectivity index (χ1v) is 20.1. The van der Waals surface area contributed by atoms with E-state index in [2.05, 4.69) is 220 Å². The molecule has 0 aliphatic heterocycles. The fourth-order valence-electron chi connectivity index (χ4n) is 5.67. The first-order chi connectivity index (χ1) is 23.4. The molecular weight excluding hydrogens is 888 g/mol. The summed E-state index contributed by atoms with van der Waals surface area (Å²) in [5.74, 6) is 0. The van der Waals surface area contributed by atoms with Crippen LogP contribution in [0.25, 0.3) is 68.8 Å². The number of thiophene rings is 2. The Kier molecular flexibility index (Phi) is 10.6. The number of hydrogen-bond donors (Lipinski definition) is 0. The molecule has 0 saturated carbocycles. The minimum atomic E-state index is 1.01. The van der Waals surface area contributed by atoms with Crippen molar-refractivity contribution in [2.75, 3.05) is 0 Å². The molecule has 5 aromatic carbocycles. The summed E-state index contributed by atoms with van der Waals surface area (Å²) in [5.41, 5.74) is 11.4. The molecule has 48 heavy (non-hydrogen) atoms. The van der Waals surface area contributed by atoms with Gasteiger partial charge in [-0.25, -0.2) is 0 Å². The summed E-state index contributed by atoms with van der Waals surface area (Å²) in [4.78, 5) is 2.45. The van der Waals surface area contributed by atoms with E-state index in [0.29, 0.717) is 0 Å². The zero-order chi connectivity index (χ0) is 33.0. The maximum atomic E-state index is 3.98. The van der Waals surface area contributed by atoms with Crippen molar-refractivity contribution in [2.45, 2.75) is 0 Å². The molecule has 6 heteroatoms. The van der Waals surface area contributed by atoms with Crippen LogP contribution in [-0.4, -0.2) is 0 Å². The van der Waals surface area contributed by atoms with Gasteiger partial charge in [-0.05, 0) is 127 Å². The highest BCUT2D eigenvalue weighted by Gasteiger charge is 2.18. The van der Waals surface area contributed by atoms with Gasteiger partial charge in [0.2, 0.25) is 0 Å². The van der Waals surface area contributed by atoms with Crippen LogP contribution in [0.15, 0.2) is 150 Å². The van der Waals surface area contributed by atoms with Crippen LogP contribution in [0.3, 0.4) is 0 Å². The Morgan fingerprint density at radius 3 is 1.23 bits per heavy atom. The fourth-order valence-corrected chi connectivity index (χ4v) is 9.15. The maximum absolute atomic E-state index is 3.98. The molecule has 7 aromatic rings. The van der Waals surface area contributed by atoms with E-state index < -0.39 is 0 Å². The molecule has 0 saturated heterocycles. The second-order valence-electron chi connectivity index (χ2n) is 11.1. The van der Waals surface area contributed by atoms with E-state index in [-0.39, 0.29) is 0 Å². The zero-order valence-corrected chi connectivity index (χ0v) is 33.3. The van der Waals surface area contributed by atoms with Gasteiger partial charge >= 0.3 is 0 Å². The summed E-state index contributed by atoms with van der Waals surface area (Å²) >= 11 is 19.3. The average Bonchev–Trinajstić information content (AvgIpc) is 3.84. The van der Waals surface area contributed by atoms with Crippen molar-refractivity contribution in [3.05, 3.63) is 171 Å². The molecule has 0 spiro atoms. The first-order valence-electron chi connectivity index (χ1n) is 15.2. The van der Waals surface area contributed by atoms with E-state index in [1.807, 2.05) is 0 Å². The lowest BCUT2D eigenvalue weighted by Gasteiger charge is -2.18. The molecule has 0 radical (unpaired) electrons. The summed E-state index contributed by atoms with van der Waals surface area (Å²) in [7, 11) is 0. The minimum absolute atomic E-state index is 1.01. The SMILES string of the molecule is Brc1cc(-c2cc(-c3ccccc3)c(-c3ccccc3)cc2Br)c(Br)cc1-c1cc(/C=C/c2cccs2)c(/C=C/c2cccs2)cc1Br. The molecule has 0 nitrogen and oxygen atoms in total. The molecule has 0 bridgehead atoms. The summed E-state index contributed by atoms with van der Waals surface area (Å²) in [6, 6.07) is 43.1. The topological polar surface area (TPSA) is 0 Å². The standard InChI is InChI=1S/C42H26Br4S2/c43-39-22-30(16-18-32-14-8-20-48-32)29(15-17-31-13-7-19-47-31)21-35(39)37-25-42(46)38(26-41(37)45)36-23-33(27-9-3-1-4-10-27)34(24-40(36)44)28-11-5-2-6-12-28/h1-26H/b17-15+,18-16+. The summed E-state index contributed by atoms with van der Waals surface area (Å²) in [6.45, 7) is 0. The summed E-state index contributed by atoms with van der Waals surface area (Å²) in [6.07, 6.45) is 8.78. The lowest BCUT2D eigenvalue weighted by Crippen LogP contribution is -1.92. The van der Waals surface area contributed by atoms with Crippen molar-refractivity contribution in [1.82, 2.24) is 0 Å². The molecule has 0 aliphatic rings. The Bertz CT molecular complexity index is 2250. The van der Waals surface area contributed by atoms with E-state index in [4.69, 9.17) is 0 Å². The van der Waals surface area contributed by atoms with Gasteiger partial charge < -0.3 is 0 Å². The molecule has 0 aliphatic carbocycles. The normalized spacial score (nSPS) is 11.6. The Balaban J connectivity index is 1.33. The largest absolute Gasteiger partial charge is 0.144 e. The van der Waals surface area contributed by atoms with E-state index in [9.17, 15) is 0 Å². The molecule has 0 amide bonds. The Morgan fingerprint density at radius 1 is 0.354 bits per heavy atom. The highest BCUT2D eigenvalue weighted by molar-refractivity contribution is 9.11. The second-order valence-corrected chi connectivity index (χ2v) is 16.5. The molecule has 234 valence electrons.